The lowest BCUT2D eigenvalue weighted by atomic mass is 9.97. The van der Waals surface area contributed by atoms with Crippen LogP contribution in [-0.4, -0.2) is 17.8 Å². The van der Waals surface area contributed by atoms with Crippen molar-refractivity contribution in [3.63, 3.8) is 0 Å². The topological polar surface area (TPSA) is 69.4 Å². The van der Waals surface area contributed by atoms with Gasteiger partial charge in [-0.25, -0.2) is 0 Å². The third kappa shape index (κ3) is 3.25. The van der Waals surface area contributed by atoms with Gasteiger partial charge in [0.15, 0.2) is 5.78 Å². The summed E-state index contributed by atoms with van der Waals surface area (Å²) in [5, 5.41) is 11.1. The summed E-state index contributed by atoms with van der Waals surface area (Å²) in [6.45, 7) is 1.70. The van der Waals surface area contributed by atoms with Crippen LogP contribution in [0.1, 0.15) is 21.5 Å². The molecule has 0 saturated carbocycles. The summed E-state index contributed by atoms with van der Waals surface area (Å²) >= 11 is 0. The van der Waals surface area contributed by atoms with E-state index >= 15 is 0 Å². The summed E-state index contributed by atoms with van der Waals surface area (Å²) < 4.78 is 5.05. The molecule has 0 radical (unpaired) electrons. The van der Waals surface area contributed by atoms with Crippen LogP contribution in [-0.2, 0) is 6.42 Å². The highest BCUT2D eigenvalue weighted by molar-refractivity contribution is 6.02. The molecule has 0 aliphatic heterocycles. The predicted octanol–water partition coefficient (Wildman–Crippen LogP) is 3.34. The molecular formula is C16H15NO4. The zero-order valence-electron chi connectivity index (χ0n) is 11.8. The van der Waals surface area contributed by atoms with Gasteiger partial charge in [0.2, 0.25) is 0 Å². The van der Waals surface area contributed by atoms with Gasteiger partial charge in [0.05, 0.1) is 17.6 Å². The molecule has 108 valence electrons. The second-order valence-corrected chi connectivity index (χ2v) is 4.67. The minimum Gasteiger partial charge on any atom is -0.497 e. The van der Waals surface area contributed by atoms with E-state index in [1.165, 1.54) is 6.07 Å². The van der Waals surface area contributed by atoms with E-state index in [1.807, 2.05) is 0 Å². The van der Waals surface area contributed by atoms with Crippen LogP contribution < -0.4 is 4.74 Å². The minimum atomic E-state index is -0.520. The molecule has 21 heavy (non-hydrogen) atoms. The van der Waals surface area contributed by atoms with E-state index in [9.17, 15) is 14.9 Å². The zero-order chi connectivity index (χ0) is 15.4. The number of benzene rings is 2. The number of ketones is 1. The van der Waals surface area contributed by atoms with Crippen molar-refractivity contribution >= 4 is 11.5 Å². The van der Waals surface area contributed by atoms with Crippen LogP contribution in [0.15, 0.2) is 42.5 Å². The number of ether oxygens (including phenoxy) is 1. The van der Waals surface area contributed by atoms with Crippen molar-refractivity contribution in [1.82, 2.24) is 0 Å². The fraction of sp³-hybridized carbons (Fsp3) is 0.188. The Bertz CT molecular complexity index is 677. The van der Waals surface area contributed by atoms with Crippen LogP contribution in [0, 0.1) is 17.0 Å². The molecular weight excluding hydrogens is 270 g/mol. The molecule has 0 saturated heterocycles. The largest absolute Gasteiger partial charge is 0.497 e. The second kappa shape index (κ2) is 6.17. The number of hydrogen-bond acceptors (Lipinski definition) is 4. The maximum Gasteiger partial charge on any atom is 0.280 e. The zero-order valence-corrected chi connectivity index (χ0v) is 11.8. The Balaban J connectivity index is 2.29. The molecule has 0 unspecified atom stereocenters. The Morgan fingerprint density at radius 3 is 2.43 bits per heavy atom. The Labute approximate surface area is 122 Å². The van der Waals surface area contributed by atoms with Crippen LogP contribution >= 0.6 is 0 Å². The number of hydrogen-bond donors (Lipinski definition) is 0. The smallest absolute Gasteiger partial charge is 0.280 e. The third-order valence-electron chi connectivity index (χ3n) is 3.25. The highest BCUT2D eigenvalue weighted by Crippen LogP contribution is 2.24. The van der Waals surface area contributed by atoms with Gasteiger partial charge in [-0.05, 0) is 30.2 Å². The van der Waals surface area contributed by atoms with Crippen LogP contribution in [0.2, 0.25) is 0 Å². The van der Waals surface area contributed by atoms with Crippen molar-refractivity contribution in [3.05, 3.63) is 69.3 Å². The average molecular weight is 285 g/mol. The first-order valence-electron chi connectivity index (χ1n) is 6.43. The van der Waals surface area contributed by atoms with Gasteiger partial charge in [-0.2, -0.15) is 0 Å². The summed E-state index contributed by atoms with van der Waals surface area (Å²) in [7, 11) is 1.57. The number of methoxy groups -OCH3 is 1. The highest BCUT2D eigenvalue weighted by atomic mass is 16.6. The summed E-state index contributed by atoms with van der Waals surface area (Å²) in [5.74, 6) is 0.443. The number of rotatable bonds is 5. The molecule has 0 aliphatic rings. The third-order valence-corrected chi connectivity index (χ3v) is 3.25. The molecule has 0 bridgehead atoms. The van der Waals surface area contributed by atoms with E-state index < -0.39 is 4.92 Å². The van der Waals surface area contributed by atoms with Crippen LogP contribution in [0.3, 0.4) is 0 Å². The van der Waals surface area contributed by atoms with Gasteiger partial charge < -0.3 is 4.74 Å². The Kier molecular flexibility index (Phi) is 4.33. The van der Waals surface area contributed by atoms with E-state index in [1.54, 1.807) is 50.4 Å². The molecule has 0 amide bonds. The number of carbonyl (C=O) groups is 1. The summed E-state index contributed by atoms with van der Waals surface area (Å²) in [4.78, 5) is 22.9. The lowest BCUT2D eigenvalue weighted by Crippen LogP contribution is -2.09. The van der Waals surface area contributed by atoms with Crippen molar-refractivity contribution in [1.29, 1.82) is 0 Å². The van der Waals surface area contributed by atoms with E-state index in [0.717, 1.165) is 5.56 Å². The lowest BCUT2D eigenvalue weighted by Gasteiger charge is -2.07. The molecule has 0 fully saturated rings. The quantitative estimate of drug-likeness (QED) is 0.480. The first kappa shape index (κ1) is 14.7. The summed E-state index contributed by atoms with van der Waals surface area (Å²) in [6.07, 6.45) is 0.121. The van der Waals surface area contributed by atoms with E-state index in [2.05, 4.69) is 0 Å². The van der Waals surface area contributed by atoms with Gasteiger partial charge in [-0.1, -0.05) is 24.3 Å². The van der Waals surface area contributed by atoms with Crippen LogP contribution in [0.25, 0.3) is 0 Å². The normalized spacial score (nSPS) is 10.2. The monoisotopic (exact) mass is 285 g/mol. The van der Waals surface area contributed by atoms with Crippen molar-refractivity contribution in [2.24, 2.45) is 0 Å². The van der Waals surface area contributed by atoms with Gasteiger partial charge in [0, 0.05) is 12.5 Å². The molecule has 0 spiro atoms. The number of Topliss-reactive ketones (excluding diaryl/α,β-unsaturated/α-hetero) is 1. The second-order valence-electron chi connectivity index (χ2n) is 4.67. The van der Waals surface area contributed by atoms with Gasteiger partial charge in [-0.3, -0.25) is 14.9 Å². The lowest BCUT2D eigenvalue weighted by molar-refractivity contribution is -0.385. The summed E-state index contributed by atoms with van der Waals surface area (Å²) in [6, 6.07) is 11.7. The van der Waals surface area contributed by atoms with E-state index in [-0.39, 0.29) is 23.5 Å². The molecule has 0 aromatic heterocycles. The highest BCUT2D eigenvalue weighted by Gasteiger charge is 2.22. The Morgan fingerprint density at radius 2 is 1.86 bits per heavy atom. The standard InChI is InChI=1S/C16H15NO4/c1-11-4-3-5-14(17(19)20)16(11)15(18)10-12-6-8-13(21-2)9-7-12/h3-9H,10H2,1-2H3. The van der Waals surface area contributed by atoms with Gasteiger partial charge in [-0.15, -0.1) is 0 Å². The van der Waals surface area contributed by atoms with Crippen LogP contribution in [0.4, 0.5) is 5.69 Å². The summed E-state index contributed by atoms with van der Waals surface area (Å²) in [5.41, 5.74) is 1.44. The number of carbonyl (C=O) groups excluding carboxylic acids is 1. The van der Waals surface area contributed by atoms with E-state index in [4.69, 9.17) is 4.74 Å². The molecule has 2 aromatic carbocycles. The van der Waals surface area contributed by atoms with Crippen molar-refractivity contribution < 1.29 is 14.5 Å². The molecule has 0 N–H and O–H groups in total. The Morgan fingerprint density at radius 1 is 1.19 bits per heavy atom. The molecule has 2 rings (SSSR count). The first-order valence-corrected chi connectivity index (χ1v) is 6.43. The SMILES string of the molecule is COc1ccc(CC(=O)c2c(C)cccc2[N+](=O)[O-])cc1. The van der Waals surface area contributed by atoms with Gasteiger partial charge in [0.25, 0.3) is 5.69 Å². The molecule has 5 nitrogen and oxygen atoms in total. The molecule has 0 atom stereocenters. The molecule has 0 aliphatic carbocycles. The minimum absolute atomic E-state index is 0.121. The van der Waals surface area contributed by atoms with Crippen LogP contribution in [0.5, 0.6) is 5.75 Å². The number of nitro benzene ring substituents is 1. The van der Waals surface area contributed by atoms with E-state index in [0.29, 0.717) is 11.3 Å². The fourth-order valence-electron chi connectivity index (χ4n) is 2.18. The predicted molar refractivity (Wildman–Crippen MR) is 78.9 cm³/mol. The van der Waals surface area contributed by atoms with Gasteiger partial charge in [0.1, 0.15) is 5.75 Å². The maximum absolute atomic E-state index is 12.4. The number of aryl methyl sites for hydroxylation is 1. The average Bonchev–Trinajstić information content (AvgIpc) is 2.47. The maximum atomic E-state index is 12.4. The molecule has 2 aromatic rings. The Hall–Kier alpha value is -2.69. The number of nitro groups is 1. The van der Waals surface area contributed by atoms with Crippen molar-refractivity contribution in [3.8, 4) is 5.75 Å². The molecule has 5 heteroatoms. The number of nitrogens with zero attached hydrogens (tertiary/aromatic N) is 1. The fourth-order valence-corrected chi connectivity index (χ4v) is 2.18. The van der Waals surface area contributed by atoms with Crippen molar-refractivity contribution in [2.45, 2.75) is 13.3 Å². The van der Waals surface area contributed by atoms with Crippen molar-refractivity contribution in [2.75, 3.05) is 7.11 Å². The molecule has 0 heterocycles. The first-order chi connectivity index (χ1) is 10.0. The van der Waals surface area contributed by atoms with Gasteiger partial charge >= 0.3 is 0 Å².